The molecule has 20 N–H and O–H groups in total. The zero-order valence-corrected chi connectivity index (χ0v) is 28.5. The Hall–Kier alpha value is 2.30. The van der Waals surface area contributed by atoms with Crippen LogP contribution in [0.1, 0.15) is 0 Å². The van der Waals surface area contributed by atoms with E-state index in [4.69, 9.17) is 97.9 Å². The van der Waals surface area contributed by atoms with E-state index >= 15 is 0 Å². The quantitative estimate of drug-likeness (QED) is 0.0723. The van der Waals surface area contributed by atoms with Crippen LogP contribution in [-0.2, 0) is 67.2 Å². The minimum absolute atomic E-state index is 0. The molecule has 0 bridgehead atoms. The zero-order valence-electron chi connectivity index (χ0n) is 19.5. The van der Waals surface area contributed by atoms with E-state index in [2.05, 4.69) is 21.6 Å². The maximum absolute atomic E-state index is 9.63. The topological polar surface area (TPSA) is 621 Å². The van der Waals surface area contributed by atoms with Crippen LogP contribution in [0.2, 0.25) is 0 Å². The van der Waals surface area contributed by atoms with Crippen molar-refractivity contribution < 1.29 is 165 Å². The van der Waals surface area contributed by atoms with Gasteiger partial charge in [0.15, 0.2) is 0 Å². The van der Waals surface area contributed by atoms with E-state index in [0.29, 0.717) is 0 Å². The number of phosphoric acid groups is 10. The summed E-state index contributed by atoms with van der Waals surface area (Å²) >= 11 is 0. The van der Waals surface area contributed by atoms with Gasteiger partial charge in [-0.15, -0.1) is 0 Å². The number of hydrogen-bond donors (Lipinski definition) is 20. The first-order valence-corrected chi connectivity index (χ1v) is 23.0. The fraction of sp³-hybridized carbons (Fsp3) is 0. The molecule has 0 amide bonds. The third-order valence-corrected chi connectivity index (χ3v) is 9.57. The second-order valence-electron chi connectivity index (χ2n) is 5.31. The van der Waals surface area contributed by atoms with Crippen LogP contribution in [0.4, 0.5) is 0 Å². The normalized spacial score (nSPS) is 13.5. The molecule has 0 heterocycles. The Labute approximate surface area is 272 Å². The molecule has 35 nitrogen and oxygen atoms in total. The molecule has 46 heteroatoms. The molecule has 0 aliphatic rings. The average Bonchev–Trinajstić information content (AvgIpc) is 2.36. The van der Waals surface area contributed by atoms with Crippen LogP contribution in [0.3, 0.4) is 0 Å². The van der Waals surface area contributed by atoms with Gasteiger partial charge in [-0.25, -0.2) is 45.7 Å². The van der Waals surface area contributed by atoms with Gasteiger partial charge in [-0.2, -0.15) is 21.6 Å². The van der Waals surface area contributed by atoms with Crippen LogP contribution >= 0.6 is 78.2 Å². The third-order valence-electron chi connectivity index (χ3n) is 1.06. The van der Waals surface area contributed by atoms with E-state index in [1.165, 1.54) is 0 Å². The van der Waals surface area contributed by atoms with Crippen molar-refractivity contribution in [2.24, 2.45) is 0 Å². The van der Waals surface area contributed by atoms with Gasteiger partial charge in [0.2, 0.25) is 0 Å². The van der Waals surface area contributed by atoms with Gasteiger partial charge in [0.1, 0.15) is 0 Å². The first-order chi connectivity index (χ1) is 18.5. The molecule has 0 spiro atoms. The standard InChI is InChI=1S/Na.5H4O7P2.H/c;5*1-8(2,3)7-9(4,5)6;/h;5*(H2,1,2,3)(H2,4,5,6);. The fourth-order valence-electron chi connectivity index (χ4n) is 0.693. The number of hydrogen-bond acceptors (Lipinski definition) is 15. The van der Waals surface area contributed by atoms with Crippen LogP contribution in [0, 0.1) is 0 Å². The second-order valence-corrected chi connectivity index (χ2v) is 18.4. The molecule has 0 saturated heterocycles. The van der Waals surface area contributed by atoms with Gasteiger partial charge in [-0.1, -0.05) is 0 Å². The summed E-state index contributed by atoms with van der Waals surface area (Å²) in [6.07, 6.45) is 0. The molecule has 46 heavy (non-hydrogen) atoms. The monoisotopic (exact) mass is 914 g/mol. The zero-order chi connectivity index (χ0) is 38.5. The summed E-state index contributed by atoms with van der Waals surface area (Å²) in [4.78, 5) is 155. The van der Waals surface area contributed by atoms with Crippen molar-refractivity contribution in [1.82, 2.24) is 0 Å². The van der Waals surface area contributed by atoms with Crippen molar-refractivity contribution in [2.75, 3.05) is 0 Å². The van der Waals surface area contributed by atoms with Crippen LogP contribution in [0.25, 0.3) is 0 Å². The van der Waals surface area contributed by atoms with E-state index in [0.717, 1.165) is 0 Å². The molecule has 0 atom stereocenters. The van der Waals surface area contributed by atoms with Crippen molar-refractivity contribution in [3.63, 3.8) is 0 Å². The summed E-state index contributed by atoms with van der Waals surface area (Å²) in [6.45, 7) is 0. The van der Waals surface area contributed by atoms with Crippen molar-refractivity contribution in [2.45, 2.75) is 0 Å². The van der Waals surface area contributed by atoms with E-state index in [1.54, 1.807) is 0 Å². The molecule has 0 saturated carbocycles. The Morgan fingerprint density at radius 1 is 0.196 bits per heavy atom. The number of rotatable bonds is 10. The van der Waals surface area contributed by atoms with Crippen LogP contribution in [0.15, 0.2) is 0 Å². The summed E-state index contributed by atoms with van der Waals surface area (Å²) in [5, 5.41) is 0. The summed E-state index contributed by atoms with van der Waals surface area (Å²) in [5.41, 5.74) is 0. The van der Waals surface area contributed by atoms with Gasteiger partial charge in [0.25, 0.3) is 0 Å². The maximum atomic E-state index is 9.63. The van der Waals surface area contributed by atoms with Gasteiger partial charge in [0, 0.05) is 0 Å². The minimum atomic E-state index is -5.05. The van der Waals surface area contributed by atoms with Crippen molar-refractivity contribution >= 4 is 108 Å². The Morgan fingerprint density at radius 2 is 0.239 bits per heavy atom. The Bertz CT molecular complexity index is 988. The summed E-state index contributed by atoms with van der Waals surface area (Å²) in [5.74, 6) is 0. The Morgan fingerprint density at radius 3 is 0.239 bits per heavy atom. The summed E-state index contributed by atoms with van der Waals surface area (Å²) in [6, 6.07) is 0. The van der Waals surface area contributed by atoms with Gasteiger partial charge in [-0.05, 0) is 0 Å². The molecule has 0 unspecified atom stereocenters. The molecule has 0 aliphatic carbocycles. The van der Waals surface area contributed by atoms with Crippen molar-refractivity contribution in [3.05, 3.63) is 0 Å². The molecule has 0 aromatic rings. The molecule has 0 radical (unpaired) electrons. The van der Waals surface area contributed by atoms with Gasteiger partial charge in [-0.3, -0.25) is 0 Å². The predicted molar refractivity (Wildman–Crippen MR) is 133 cm³/mol. The molecule has 0 fully saturated rings. The van der Waals surface area contributed by atoms with E-state index in [-0.39, 0.29) is 29.6 Å². The molecule has 0 aromatic carbocycles. The van der Waals surface area contributed by atoms with Crippen molar-refractivity contribution in [1.29, 1.82) is 0 Å². The Balaban J connectivity index is -0.000000108. The van der Waals surface area contributed by atoms with Crippen LogP contribution in [-0.4, -0.2) is 127 Å². The average molecular weight is 914 g/mol. The third kappa shape index (κ3) is 91.1. The molecule has 0 aliphatic heterocycles. The van der Waals surface area contributed by atoms with E-state index in [1.807, 2.05) is 0 Å². The molecular formula is H21NaO35P10. The van der Waals surface area contributed by atoms with E-state index in [9.17, 15) is 45.7 Å². The fourth-order valence-corrected chi connectivity index (χ4v) is 6.24. The van der Waals surface area contributed by atoms with Crippen LogP contribution in [0.5, 0.6) is 0 Å². The molecule has 0 aromatic heterocycles. The first-order valence-electron chi connectivity index (χ1n) is 7.65. The van der Waals surface area contributed by atoms with Gasteiger partial charge < -0.3 is 97.9 Å². The molecule has 0 rings (SSSR count). The van der Waals surface area contributed by atoms with Gasteiger partial charge >= 0.3 is 108 Å². The first kappa shape index (κ1) is 60.4. The van der Waals surface area contributed by atoms with Crippen LogP contribution < -0.4 is 0 Å². The summed E-state index contributed by atoms with van der Waals surface area (Å²) in [7, 11) is -50.5. The second kappa shape index (κ2) is 22.4. The van der Waals surface area contributed by atoms with E-state index < -0.39 is 78.2 Å². The predicted octanol–water partition coefficient (Wildman–Crippen LogP) is -4.71. The molecule has 282 valence electrons. The molecular weight excluding hydrogens is 893 g/mol. The van der Waals surface area contributed by atoms with Crippen molar-refractivity contribution in [3.8, 4) is 0 Å². The SMILES string of the molecule is O=P(O)(O)OP(=O)(O)O.O=P(O)(O)OP(=O)(O)O.O=P(O)(O)OP(=O)(O)O.O=P(O)(O)OP(=O)(O)O.O=P(O)(O)OP(=O)(O)O.[NaH]. The Kier molecular flexibility index (Phi) is 29.4. The summed E-state index contributed by atoms with van der Waals surface area (Å²) < 4.78 is 111. The van der Waals surface area contributed by atoms with Gasteiger partial charge in [0.05, 0.1) is 0 Å².